The van der Waals surface area contributed by atoms with E-state index >= 15 is 0 Å². The fourth-order valence-corrected chi connectivity index (χ4v) is 2.33. The van der Waals surface area contributed by atoms with Gasteiger partial charge in [-0.05, 0) is 31.7 Å². The van der Waals surface area contributed by atoms with Crippen molar-refractivity contribution in [2.45, 2.75) is 45.1 Å². The second-order valence-electron chi connectivity index (χ2n) is 4.66. The highest BCUT2D eigenvalue weighted by Gasteiger charge is 2.30. The molecule has 1 saturated carbocycles. The van der Waals surface area contributed by atoms with Crippen molar-refractivity contribution in [1.82, 2.24) is 10.6 Å². The molecule has 0 aliphatic heterocycles. The molecule has 1 unspecified atom stereocenters. The Morgan fingerprint density at radius 2 is 2.00 bits per heavy atom. The van der Waals surface area contributed by atoms with Gasteiger partial charge >= 0.3 is 0 Å². The third-order valence-electron chi connectivity index (χ3n) is 3.19. The fourth-order valence-electron chi connectivity index (χ4n) is 2.33. The van der Waals surface area contributed by atoms with Crippen molar-refractivity contribution in [3.05, 3.63) is 0 Å². The van der Waals surface area contributed by atoms with Gasteiger partial charge in [-0.15, -0.1) is 0 Å². The van der Waals surface area contributed by atoms with Crippen LogP contribution in [0.15, 0.2) is 0 Å². The average Bonchev–Trinajstić information content (AvgIpc) is 2.79. The molecule has 0 aromatic heterocycles. The van der Waals surface area contributed by atoms with Crippen LogP contribution in [0.3, 0.4) is 0 Å². The molecule has 0 aromatic carbocycles. The van der Waals surface area contributed by atoms with E-state index in [1.807, 2.05) is 0 Å². The van der Waals surface area contributed by atoms with Gasteiger partial charge in [0.05, 0.1) is 0 Å². The summed E-state index contributed by atoms with van der Waals surface area (Å²) in [5.74, 6) is 0.0770. The Labute approximate surface area is 103 Å². The predicted molar refractivity (Wildman–Crippen MR) is 66.2 cm³/mol. The van der Waals surface area contributed by atoms with Crippen molar-refractivity contribution in [2.75, 3.05) is 13.1 Å². The van der Waals surface area contributed by atoms with E-state index in [-0.39, 0.29) is 23.8 Å². The van der Waals surface area contributed by atoms with Crippen LogP contribution in [0.4, 0.5) is 0 Å². The molecule has 0 spiro atoms. The molecule has 0 heterocycles. The molecule has 17 heavy (non-hydrogen) atoms. The standard InChI is InChI=1S/C12H23N3O2/c1-9(16)15-11(10-5-2-3-6-10)12(17)14-8-4-7-13/h10-11H,2-8,13H2,1H3,(H,14,17)(H,15,16). The van der Waals surface area contributed by atoms with Crippen LogP contribution in [0.2, 0.25) is 0 Å². The van der Waals surface area contributed by atoms with Gasteiger partial charge in [0, 0.05) is 13.5 Å². The largest absolute Gasteiger partial charge is 0.354 e. The highest BCUT2D eigenvalue weighted by molar-refractivity contribution is 5.87. The van der Waals surface area contributed by atoms with E-state index in [4.69, 9.17) is 5.73 Å². The van der Waals surface area contributed by atoms with Crippen molar-refractivity contribution >= 4 is 11.8 Å². The van der Waals surface area contributed by atoms with Crippen LogP contribution in [-0.2, 0) is 9.59 Å². The zero-order valence-electron chi connectivity index (χ0n) is 10.5. The molecule has 1 rings (SSSR count). The SMILES string of the molecule is CC(=O)NC(C(=O)NCCCN)C1CCCC1. The zero-order valence-corrected chi connectivity index (χ0v) is 10.5. The van der Waals surface area contributed by atoms with Crippen LogP contribution in [0, 0.1) is 5.92 Å². The number of rotatable bonds is 6. The lowest BCUT2D eigenvalue weighted by atomic mass is 9.97. The normalized spacial score (nSPS) is 17.8. The monoisotopic (exact) mass is 241 g/mol. The maximum absolute atomic E-state index is 12.0. The lowest BCUT2D eigenvalue weighted by Gasteiger charge is -2.23. The molecule has 98 valence electrons. The molecule has 0 bridgehead atoms. The lowest BCUT2D eigenvalue weighted by Crippen LogP contribution is -2.50. The van der Waals surface area contributed by atoms with Gasteiger partial charge in [0.1, 0.15) is 6.04 Å². The Morgan fingerprint density at radius 1 is 1.35 bits per heavy atom. The molecule has 5 heteroatoms. The first-order valence-corrected chi connectivity index (χ1v) is 6.40. The van der Waals surface area contributed by atoms with Crippen molar-refractivity contribution in [3.8, 4) is 0 Å². The van der Waals surface area contributed by atoms with E-state index in [1.165, 1.54) is 6.92 Å². The first kappa shape index (κ1) is 14.0. The Morgan fingerprint density at radius 3 is 2.53 bits per heavy atom. The van der Waals surface area contributed by atoms with Gasteiger partial charge in [-0.1, -0.05) is 12.8 Å². The summed E-state index contributed by atoms with van der Waals surface area (Å²) in [6.07, 6.45) is 5.11. The average molecular weight is 241 g/mol. The fraction of sp³-hybridized carbons (Fsp3) is 0.833. The van der Waals surface area contributed by atoms with Gasteiger partial charge in [0.25, 0.3) is 0 Å². The quantitative estimate of drug-likeness (QED) is 0.579. The summed E-state index contributed by atoms with van der Waals surface area (Å²) in [5, 5.41) is 5.60. The smallest absolute Gasteiger partial charge is 0.242 e. The summed E-state index contributed by atoms with van der Waals surface area (Å²) in [6.45, 7) is 2.60. The van der Waals surface area contributed by atoms with E-state index in [2.05, 4.69) is 10.6 Å². The van der Waals surface area contributed by atoms with Gasteiger partial charge in [-0.2, -0.15) is 0 Å². The predicted octanol–water partition coefficient (Wildman–Crippen LogP) is 0.146. The summed E-state index contributed by atoms with van der Waals surface area (Å²) in [7, 11) is 0. The molecular formula is C12H23N3O2. The Hall–Kier alpha value is -1.10. The van der Waals surface area contributed by atoms with Gasteiger partial charge < -0.3 is 16.4 Å². The maximum Gasteiger partial charge on any atom is 0.242 e. The second kappa shape index (κ2) is 7.27. The molecule has 0 radical (unpaired) electrons. The van der Waals surface area contributed by atoms with Crippen molar-refractivity contribution in [1.29, 1.82) is 0 Å². The molecule has 4 N–H and O–H groups in total. The summed E-state index contributed by atoms with van der Waals surface area (Å²) < 4.78 is 0. The molecule has 5 nitrogen and oxygen atoms in total. The van der Waals surface area contributed by atoms with E-state index in [0.29, 0.717) is 13.1 Å². The van der Waals surface area contributed by atoms with Gasteiger partial charge in [-0.3, -0.25) is 9.59 Å². The zero-order chi connectivity index (χ0) is 12.7. The molecular weight excluding hydrogens is 218 g/mol. The number of carbonyl (C=O) groups excluding carboxylic acids is 2. The van der Waals surface area contributed by atoms with Gasteiger partial charge in [-0.25, -0.2) is 0 Å². The number of hydrogen-bond acceptors (Lipinski definition) is 3. The minimum absolute atomic E-state index is 0.0689. The Bertz CT molecular complexity index is 262. The topological polar surface area (TPSA) is 84.2 Å². The van der Waals surface area contributed by atoms with E-state index < -0.39 is 0 Å². The first-order valence-electron chi connectivity index (χ1n) is 6.40. The van der Waals surface area contributed by atoms with Crippen LogP contribution in [0.1, 0.15) is 39.0 Å². The first-order chi connectivity index (χ1) is 8.15. The molecule has 0 saturated heterocycles. The second-order valence-corrected chi connectivity index (χ2v) is 4.66. The molecule has 1 aliphatic rings. The summed E-state index contributed by atoms with van der Waals surface area (Å²) in [6, 6.07) is -0.368. The van der Waals surface area contributed by atoms with Crippen LogP contribution in [-0.4, -0.2) is 30.9 Å². The van der Waals surface area contributed by atoms with Crippen molar-refractivity contribution in [3.63, 3.8) is 0 Å². The third kappa shape index (κ3) is 4.73. The van der Waals surface area contributed by atoms with Crippen LogP contribution < -0.4 is 16.4 Å². The van der Waals surface area contributed by atoms with E-state index in [1.54, 1.807) is 0 Å². The minimum atomic E-state index is -0.368. The number of nitrogens with one attached hydrogen (secondary N) is 2. The van der Waals surface area contributed by atoms with Gasteiger partial charge in [0.2, 0.25) is 11.8 Å². The third-order valence-corrected chi connectivity index (χ3v) is 3.19. The minimum Gasteiger partial charge on any atom is -0.354 e. The summed E-state index contributed by atoms with van der Waals surface area (Å²) in [4.78, 5) is 23.1. The number of amides is 2. The number of nitrogens with two attached hydrogens (primary N) is 1. The molecule has 1 fully saturated rings. The summed E-state index contributed by atoms with van der Waals surface area (Å²) >= 11 is 0. The molecule has 0 aromatic rings. The number of hydrogen-bond donors (Lipinski definition) is 3. The molecule has 1 atom stereocenters. The van der Waals surface area contributed by atoms with Gasteiger partial charge in [0.15, 0.2) is 0 Å². The van der Waals surface area contributed by atoms with Crippen molar-refractivity contribution in [2.24, 2.45) is 11.7 Å². The Balaban J connectivity index is 2.48. The van der Waals surface area contributed by atoms with Crippen LogP contribution in [0.25, 0.3) is 0 Å². The Kier molecular flexibility index (Phi) is 5.97. The highest BCUT2D eigenvalue weighted by Crippen LogP contribution is 2.27. The number of carbonyl (C=O) groups is 2. The molecule has 1 aliphatic carbocycles. The van der Waals surface area contributed by atoms with E-state index in [0.717, 1.165) is 32.1 Å². The lowest BCUT2D eigenvalue weighted by molar-refractivity contribution is -0.129. The van der Waals surface area contributed by atoms with Crippen LogP contribution >= 0.6 is 0 Å². The highest BCUT2D eigenvalue weighted by atomic mass is 16.2. The van der Waals surface area contributed by atoms with E-state index in [9.17, 15) is 9.59 Å². The summed E-state index contributed by atoms with van der Waals surface area (Å²) in [5.41, 5.74) is 5.37. The molecule has 2 amide bonds. The van der Waals surface area contributed by atoms with Crippen molar-refractivity contribution < 1.29 is 9.59 Å². The van der Waals surface area contributed by atoms with Crippen LogP contribution in [0.5, 0.6) is 0 Å². The maximum atomic E-state index is 12.0.